The lowest BCUT2D eigenvalue weighted by atomic mass is 9.98. The monoisotopic (exact) mass is 294 g/mol. The number of carbonyl (C=O) groups is 2. The molecule has 3 N–H and O–H groups in total. The molecule has 6 heteroatoms. The van der Waals surface area contributed by atoms with Gasteiger partial charge in [-0.15, -0.1) is 0 Å². The van der Waals surface area contributed by atoms with Crippen LogP contribution in [0.5, 0.6) is 5.75 Å². The summed E-state index contributed by atoms with van der Waals surface area (Å²) in [6.07, 6.45) is 0. The average molecular weight is 294 g/mol. The van der Waals surface area contributed by atoms with Gasteiger partial charge in [-0.1, -0.05) is 26.8 Å². The number of ether oxygens (including phenoxy) is 1. The molecule has 0 radical (unpaired) electrons. The molecule has 0 saturated heterocycles. The van der Waals surface area contributed by atoms with Gasteiger partial charge in [0.2, 0.25) is 0 Å². The van der Waals surface area contributed by atoms with Crippen LogP contribution in [0, 0.1) is 11.8 Å². The van der Waals surface area contributed by atoms with Crippen LogP contribution >= 0.6 is 0 Å². The van der Waals surface area contributed by atoms with E-state index in [1.165, 1.54) is 0 Å². The van der Waals surface area contributed by atoms with Gasteiger partial charge in [0, 0.05) is 18.3 Å². The predicted octanol–water partition coefficient (Wildman–Crippen LogP) is 2.56. The van der Waals surface area contributed by atoms with Gasteiger partial charge in [-0.3, -0.25) is 0 Å². The first-order valence-corrected chi connectivity index (χ1v) is 6.88. The number of benzene rings is 1. The summed E-state index contributed by atoms with van der Waals surface area (Å²) in [5.41, 5.74) is 0.549. The molecular weight excluding hydrogens is 272 g/mol. The Morgan fingerprint density at radius 2 is 2.00 bits per heavy atom. The molecule has 1 aromatic carbocycles. The summed E-state index contributed by atoms with van der Waals surface area (Å²) in [5.74, 6) is 0.235. The lowest BCUT2D eigenvalue weighted by molar-refractivity contribution is -0.139. The molecule has 0 heterocycles. The van der Waals surface area contributed by atoms with Crippen LogP contribution in [0.4, 0.5) is 10.5 Å². The van der Waals surface area contributed by atoms with Crippen molar-refractivity contribution in [3.63, 3.8) is 0 Å². The van der Waals surface area contributed by atoms with Gasteiger partial charge in [-0.05, 0) is 24.0 Å². The molecule has 2 amide bonds. The van der Waals surface area contributed by atoms with Crippen molar-refractivity contribution in [1.82, 2.24) is 5.32 Å². The van der Waals surface area contributed by atoms with E-state index in [4.69, 9.17) is 9.84 Å². The van der Waals surface area contributed by atoms with Crippen LogP contribution in [0.1, 0.15) is 20.8 Å². The van der Waals surface area contributed by atoms with Gasteiger partial charge < -0.3 is 20.5 Å². The molecule has 6 nitrogen and oxygen atoms in total. The third-order valence-corrected chi connectivity index (χ3v) is 3.18. The normalized spacial score (nSPS) is 11.8. The maximum absolute atomic E-state index is 11.8. The summed E-state index contributed by atoms with van der Waals surface area (Å²) in [4.78, 5) is 22.2. The Morgan fingerprint density at radius 1 is 1.29 bits per heavy atom. The van der Waals surface area contributed by atoms with Gasteiger partial charge in [0.05, 0.1) is 0 Å². The Balaban J connectivity index is 2.48. The highest BCUT2D eigenvalue weighted by Gasteiger charge is 2.09. The van der Waals surface area contributed by atoms with Crippen LogP contribution < -0.4 is 15.4 Å². The second-order valence-corrected chi connectivity index (χ2v) is 5.27. The van der Waals surface area contributed by atoms with Gasteiger partial charge >= 0.3 is 12.0 Å². The molecule has 0 saturated carbocycles. The van der Waals surface area contributed by atoms with E-state index in [9.17, 15) is 9.59 Å². The first-order chi connectivity index (χ1) is 9.88. The Labute approximate surface area is 124 Å². The van der Waals surface area contributed by atoms with E-state index in [2.05, 4.69) is 31.4 Å². The number of rotatable bonds is 7. The first-order valence-electron chi connectivity index (χ1n) is 6.88. The molecule has 21 heavy (non-hydrogen) atoms. The number of urea groups is 1. The summed E-state index contributed by atoms with van der Waals surface area (Å²) >= 11 is 0. The van der Waals surface area contributed by atoms with Gasteiger partial charge in [-0.2, -0.15) is 0 Å². The van der Waals surface area contributed by atoms with Crippen molar-refractivity contribution in [2.45, 2.75) is 20.8 Å². The molecule has 1 unspecified atom stereocenters. The van der Waals surface area contributed by atoms with E-state index in [1.807, 2.05) is 0 Å². The van der Waals surface area contributed by atoms with E-state index < -0.39 is 12.6 Å². The number of carbonyl (C=O) groups excluding carboxylic acids is 1. The molecule has 1 rings (SSSR count). The number of nitrogens with one attached hydrogen (secondary N) is 2. The first kappa shape index (κ1) is 16.8. The molecule has 0 spiro atoms. The highest BCUT2D eigenvalue weighted by Crippen LogP contribution is 2.17. The molecule has 0 fully saturated rings. The number of amides is 2. The van der Waals surface area contributed by atoms with Gasteiger partial charge in [0.1, 0.15) is 5.75 Å². The highest BCUT2D eigenvalue weighted by atomic mass is 16.5. The minimum atomic E-state index is -1.05. The van der Waals surface area contributed by atoms with Crippen molar-refractivity contribution in [3.8, 4) is 5.75 Å². The van der Waals surface area contributed by atoms with Crippen LogP contribution in [-0.4, -0.2) is 30.3 Å². The fraction of sp³-hybridized carbons (Fsp3) is 0.467. The summed E-state index contributed by atoms with van der Waals surface area (Å²) in [6.45, 7) is 6.46. The zero-order valence-electron chi connectivity index (χ0n) is 12.6. The van der Waals surface area contributed by atoms with E-state index in [-0.39, 0.29) is 6.03 Å². The second kappa shape index (κ2) is 8.14. The predicted molar refractivity (Wildman–Crippen MR) is 80.6 cm³/mol. The minimum Gasteiger partial charge on any atom is -0.482 e. The van der Waals surface area contributed by atoms with Crippen LogP contribution in [-0.2, 0) is 4.79 Å². The van der Waals surface area contributed by atoms with E-state index in [1.54, 1.807) is 24.3 Å². The third kappa shape index (κ3) is 6.65. The molecule has 116 valence electrons. The van der Waals surface area contributed by atoms with Crippen molar-refractivity contribution in [2.75, 3.05) is 18.5 Å². The average Bonchev–Trinajstić information content (AvgIpc) is 2.42. The third-order valence-electron chi connectivity index (χ3n) is 3.18. The minimum absolute atomic E-state index is 0.294. The van der Waals surface area contributed by atoms with Gasteiger partial charge in [0.15, 0.2) is 6.61 Å². The van der Waals surface area contributed by atoms with Crippen LogP contribution in [0.15, 0.2) is 24.3 Å². The largest absolute Gasteiger partial charge is 0.482 e. The number of hydrogen-bond donors (Lipinski definition) is 3. The molecule has 0 bridgehead atoms. The molecule has 1 aromatic rings. The molecule has 0 aliphatic heterocycles. The smallest absolute Gasteiger partial charge is 0.341 e. The molecule has 0 aliphatic rings. The Morgan fingerprint density at radius 3 is 2.62 bits per heavy atom. The number of anilines is 1. The molecule has 1 atom stereocenters. The van der Waals surface area contributed by atoms with Crippen molar-refractivity contribution >= 4 is 17.7 Å². The zero-order chi connectivity index (χ0) is 15.8. The van der Waals surface area contributed by atoms with Crippen LogP contribution in [0.3, 0.4) is 0 Å². The maximum atomic E-state index is 11.8. The molecule has 0 aromatic heterocycles. The van der Waals surface area contributed by atoms with E-state index in [0.717, 1.165) is 0 Å². The topological polar surface area (TPSA) is 87.7 Å². The summed E-state index contributed by atoms with van der Waals surface area (Å²) in [6, 6.07) is 6.31. The van der Waals surface area contributed by atoms with Crippen LogP contribution in [0.2, 0.25) is 0 Å². The highest BCUT2D eigenvalue weighted by molar-refractivity contribution is 5.89. The van der Waals surface area contributed by atoms with E-state index in [0.29, 0.717) is 29.8 Å². The van der Waals surface area contributed by atoms with Gasteiger partial charge in [0.25, 0.3) is 0 Å². The van der Waals surface area contributed by atoms with Crippen molar-refractivity contribution in [3.05, 3.63) is 24.3 Å². The molecular formula is C15H22N2O4. The lowest BCUT2D eigenvalue weighted by Crippen LogP contribution is -2.33. The van der Waals surface area contributed by atoms with Crippen LogP contribution in [0.25, 0.3) is 0 Å². The Hall–Kier alpha value is -2.24. The number of carboxylic acid groups (broad SMARTS) is 1. The summed E-state index contributed by atoms with van der Waals surface area (Å²) in [7, 11) is 0. The van der Waals surface area contributed by atoms with E-state index >= 15 is 0 Å². The van der Waals surface area contributed by atoms with Crippen molar-refractivity contribution < 1.29 is 19.4 Å². The SMILES string of the molecule is CC(C)C(C)CNC(=O)Nc1cccc(OCC(=O)O)c1. The number of hydrogen-bond acceptors (Lipinski definition) is 3. The number of carboxylic acids is 1. The Bertz CT molecular complexity index is 488. The summed E-state index contributed by atoms with van der Waals surface area (Å²) < 4.78 is 5.05. The standard InChI is InChI=1S/C15H22N2O4/c1-10(2)11(3)8-16-15(20)17-12-5-4-6-13(7-12)21-9-14(18)19/h4-7,10-11H,8-9H2,1-3H3,(H,18,19)(H2,16,17,20). The zero-order valence-corrected chi connectivity index (χ0v) is 12.6. The van der Waals surface area contributed by atoms with Gasteiger partial charge in [-0.25, -0.2) is 9.59 Å². The second-order valence-electron chi connectivity index (χ2n) is 5.27. The fourth-order valence-electron chi connectivity index (χ4n) is 1.47. The lowest BCUT2D eigenvalue weighted by Gasteiger charge is -2.16. The maximum Gasteiger partial charge on any atom is 0.341 e. The Kier molecular flexibility index (Phi) is 6.52. The molecule has 0 aliphatic carbocycles. The van der Waals surface area contributed by atoms with Crippen molar-refractivity contribution in [1.29, 1.82) is 0 Å². The number of aliphatic carboxylic acids is 1. The quantitative estimate of drug-likeness (QED) is 0.721. The van der Waals surface area contributed by atoms with Crippen molar-refractivity contribution in [2.24, 2.45) is 11.8 Å². The summed E-state index contributed by atoms with van der Waals surface area (Å²) in [5, 5.41) is 14.0. The fourth-order valence-corrected chi connectivity index (χ4v) is 1.47.